The van der Waals surface area contributed by atoms with Crippen molar-refractivity contribution >= 4 is 23.4 Å². The smallest absolute Gasteiger partial charge is 0.261 e. The van der Waals surface area contributed by atoms with Crippen LogP contribution in [-0.4, -0.2) is 11.2 Å². The molecule has 0 aliphatic heterocycles. The summed E-state index contributed by atoms with van der Waals surface area (Å²) < 4.78 is 36.9. The third-order valence-electron chi connectivity index (χ3n) is 2.22. The van der Waals surface area contributed by atoms with Crippen LogP contribution in [0.3, 0.4) is 0 Å². The maximum Gasteiger partial charge on any atom is 0.417 e. The summed E-state index contributed by atoms with van der Waals surface area (Å²) in [6.45, 7) is 1.98. The lowest BCUT2D eigenvalue weighted by atomic mass is 10.3. The first-order valence-electron chi connectivity index (χ1n) is 5.34. The number of thiophene rings is 1. The van der Waals surface area contributed by atoms with E-state index in [0.717, 1.165) is 22.0 Å². The lowest BCUT2D eigenvalue weighted by Gasteiger charge is -2.06. The summed E-state index contributed by atoms with van der Waals surface area (Å²) in [5, 5.41) is 3.91. The van der Waals surface area contributed by atoms with Crippen molar-refractivity contribution in [3.63, 3.8) is 0 Å². The number of aryl methyl sites for hydroxylation is 1. The van der Waals surface area contributed by atoms with Crippen molar-refractivity contribution in [2.45, 2.75) is 13.1 Å². The highest BCUT2D eigenvalue weighted by molar-refractivity contribution is 7.13. The Morgan fingerprint density at radius 3 is 2.58 bits per heavy atom. The molecule has 0 bridgehead atoms. The fraction of sp³-hybridized carbons (Fsp3) is 0.167. The van der Waals surface area contributed by atoms with Crippen molar-refractivity contribution in [3.05, 3.63) is 45.8 Å². The van der Waals surface area contributed by atoms with Gasteiger partial charge < -0.3 is 0 Å². The lowest BCUT2D eigenvalue weighted by molar-refractivity contribution is -0.137. The topological polar surface area (TPSA) is 37.3 Å². The van der Waals surface area contributed by atoms with E-state index in [1.54, 1.807) is 17.6 Å². The van der Waals surface area contributed by atoms with Crippen LogP contribution in [0.15, 0.2) is 35.6 Å². The van der Waals surface area contributed by atoms with E-state index in [0.29, 0.717) is 0 Å². The highest BCUT2D eigenvalue weighted by Crippen LogP contribution is 2.28. The summed E-state index contributed by atoms with van der Waals surface area (Å²) in [7, 11) is 0. The molecule has 2 heterocycles. The maximum atomic E-state index is 12.3. The number of nitrogens with zero attached hydrogens (tertiary/aromatic N) is 2. The molecule has 0 aromatic carbocycles. The van der Waals surface area contributed by atoms with Crippen LogP contribution in [0.2, 0.25) is 0 Å². The predicted molar refractivity (Wildman–Crippen MR) is 69.5 cm³/mol. The average molecular weight is 285 g/mol. The minimum Gasteiger partial charge on any atom is -0.261 e. The predicted octanol–water partition coefficient (Wildman–Crippen LogP) is 3.92. The van der Waals surface area contributed by atoms with Crippen molar-refractivity contribution in [2.24, 2.45) is 5.10 Å². The maximum absolute atomic E-state index is 12.3. The largest absolute Gasteiger partial charge is 0.417 e. The minimum atomic E-state index is -4.37. The number of hydrogen-bond acceptors (Lipinski definition) is 4. The van der Waals surface area contributed by atoms with Crippen molar-refractivity contribution in [1.82, 2.24) is 4.98 Å². The molecule has 2 aromatic rings. The van der Waals surface area contributed by atoms with Gasteiger partial charge >= 0.3 is 6.18 Å². The molecule has 0 radical (unpaired) electrons. The van der Waals surface area contributed by atoms with Gasteiger partial charge in [0, 0.05) is 16.0 Å². The Morgan fingerprint density at radius 1 is 1.26 bits per heavy atom. The molecule has 0 unspecified atom stereocenters. The number of hydrazone groups is 1. The third-order valence-corrected chi connectivity index (χ3v) is 3.16. The van der Waals surface area contributed by atoms with Crippen LogP contribution in [0.4, 0.5) is 19.0 Å². The average Bonchev–Trinajstić information content (AvgIpc) is 2.75. The normalized spacial score (nSPS) is 12.0. The number of alkyl halides is 3. The fourth-order valence-electron chi connectivity index (χ4n) is 1.31. The van der Waals surface area contributed by atoms with E-state index in [9.17, 15) is 13.2 Å². The molecule has 0 fully saturated rings. The molecule has 0 aliphatic carbocycles. The lowest BCUT2D eigenvalue weighted by Crippen LogP contribution is -2.05. The van der Waals surface area contributed by atoms with Crippen LogP contribution in [0.5, 0.6) is 0 Å². The molecule has 0 atom stereocenters. The van der Waals surface area contributed by atoms with E-state index < -0.39 is 11.7 Å². The summed E-state index contributed by atoms with van der Waals surface area (Å²) in [6, 6.07) is 6.06. The summed E-state index contributed by atoms with van der Waals surface area (Å²) in [6.07, 6.45) is -2.01. The van der Waals surface area contributed by atoms with Gasteiger partial charge in [-0.25, -0.2) is 4.98 Å². The number of rotatable bonds is 3. The molecule has 100 valence electrons. The van der Waals surface area contributed by atoms with Gasteiger partial charge in [-0.1, -0.05) is 0 Å². The highest BCUT2D eigenvalue weighted by atomic mass is 32.1. The second kappa shape index (κ2) is 5.40. The fourth-order valence-corrected chi connectivity index (χ4v) is 2.06. The Bertz CT molecular complexity index is 573. The molecule has 1 N–H and O–H groups in total. The van der Waals surface area contributed by atoms with E-state index in [4.69, 9.17) is 0 Å². The number of anilines is 1. The summed E-state index contributed by atoms with van der Waals surface area (Å²) in [5.74, 6) is 0.262. The van der Waals surface area contributed by atoms with Crippen LogP contribution in [-0.2, 0) is 6.18 Å². The van der Waals surface area contributed by atoms with Crippen LogP contribution in [0.25, 0.3) is 0 Å². The number of pyridine rings is 1. The SMILES string of the molecule is Cc1ccc(C=NNc2ccc(C(F)(F)F)cn2)s1. The van der Waals surface area contributed by atoms with Gasteiger partial charge in [-0.05, 0) is 31.2 Å². The Kier molecular flexibility index (Phi) is 3.84. The summed E-state index contributed by atoms with van der Waals surface area (Å²) in [4.78, 5) is 5.76. The van der Waals surface area contributed by atoms with Crippen molar-refractivity contribution in [2.75, 3.05) is 5.43 Å². The van der Waals surface area contributed by atoms with E-state index >= 15 is 0 Å². The zero-order chi connectivity index (χ0) is 13.9. The number of aromatic nitrogens is 1. The molecule has 0 saturated carbocycles. The molecule has 7 heteroatoms. The third kappa shape index (κ3) is 3.78. The zero-order valence-electron chi connectivity index (χ0n) is 9.90. The van der Waals surface area contributed by atoms with Crippen LogP contribution < -0.4 is 5.43 Å². The van der Waals surface area contributed by atoms with Crippen LogP contribution >= 0.6 is 11.3 Å². The van der Waals surface area contributed by atoms with E-state index in [1.807, 2.05) is 19.1 Å². The van der Waals surface area contributed by atoms with Gasteiger partial charge in [0.05, 0.1) is 11.8 Å². The molecule has 0 spiro atoms. The molecule has 0 amide bonds. The number of nitrogens with one attached hydrogen (secondary N) is 1. The number of halogens is 3. The quantitative estimate of drug-likeness (QED) is 0.685. The highest BCUT2D eigenvalue weighted by Gasteiger charge is 2.30. The molecule has 3 nitrogen and oxygen atoms in total. The molecular formula is C12H10F3N3S. The molecular weight excluding hydrogens is 275 g/mol. The van der Waals surface area contributed by atoms with Gasteiger partial charge in [0.25, 0.3) is 0 Å². The van der Waals surface area contributed by atoms with Crippen molar-refractivity contribution in [1.29, 1.82) is 0 Å². The second-order valence-corrected chi connectivity index (χ2v) is 5.07. The Balaban J connectivity index is 1.98. The molecule has 0 saturated heterocycles. The van der Waals surface area contributed by atoms with Gasteiger partial charge in [-0.3, -0.25) is 5.43 Å². The Morgan fingerprint density at radius 2 is 2.05 bits per heavy atom. The van der Waals surface area contributed by atoms with Gasteiger partial charge in [-0.15, -0.1) is 11.3 Å². The van der Waals surface area contributed by atoms with E-state index in [1.165, 1.54) is 6.07 Å². The first-order chi connectivity index (χ1) is 8.95. The Hall–Kier alpha value is -1.89. The van der Waals surface area contributed by atoms with E-state index in [-0.39, 0.29) is 5.82 Å². The molecule has 2 rings (SSSR count). The first-order valence-corrected chi connectivity index (χ1v) is 6.15. The van der Waals surface area contributed by atoms with Gasteiger partial charge in [0.1, 0.15) is 5.82 Å². The molecule has 0 aliphatic rings. The zero-order valence-corrected chi connectivity index (χ0v) is 10.7. The monoisotopic (exact) mass is 285 g/mol. The molecule has 2 aromatic heterocycles. The second-order valence-electron chi connectivity index (χ2n) is 3.75. The summed E-state index contributed by atoms with van der Waals surface area (Å²) in [5.41, 5.74) is 1.80. The van der Waals surface area contributed by atoms with Gasteiger partial charge in [0.2, 0.25) is 0 Å². The van der Waals surface area contributed by atoms with E-state index in [2.05, 4.69) is 15.5 Å². The standard InChI is InChI=1S/C12H10F3N3S/c1-8-2-4-10(19-8)7-17-18-11-5-3-9(6-16-11)12(13,14)15/h2-7H,1H3,(H,16,18). The van der Waals surface area contributed by atoms with Crippen LogP contribution in [0, 0.1) is 6.92 Å². The van der Waals surface area contributed by atoms with Crippen LogP contribution in [0.1, 0.15) is 15.3 Å². The minimum absolute atomic E-state index is 0.262. The first kappa shape index (κ1) is 13.5. The number of hydrogen-bond donors (Lipinski definition) is 1. The van der Waals surface area contributed by atoms with Gasteiger partial charge in [-0.2, -0.15) is 18.3 Å². The Labute approximate surface area is 111 Å². The summed E-state index contributed by atoms with van der Waals surface area (Å²) >= 11 is 1.57. The van der Waals surface area contributed by atoms with Crippen molar-refractivity contribution < 1.29 is 13.2 Å². The van der Waals surface area contributed by atoms with Gasteiger partial charge in [0.15, 0.2) is 0 Å². The van der Waals surface area contributed by atoms with Crippen molar-refractivity contribution in [3.8, 4) is 0 Å². The molecule has 19 heavy (non-hydrogen) atoms.